The third-order valence-electron chi connectivity index (χ3n) is 3.72. The number of piperazine rings is 1. The van der Waals surface area contributed by atoms with E-state index < -0.39 is 5.97 Å². The van der Waals surface area contributed by atoms with Crippen LogP contribution in [0, 0.1) is 0 Å². The number of nitrogens with zero attached hydrogens (tertiary/aromatic N) is 2. The molecule has 1 fully saturated rings. The summed E-state index contributed by atoms with van der Waals surface area (Å²) >= 11 is 0. The van der Waals surface area contributed by atoms with Gasteiger partial charge in [-0.05, 0) is 25.5 Å². The van der Waals surface area contributed by atoms with Crippen LogP contribution in [0.4, 0.5) is 5.69 Å². The van der Waals surface area contributed by atoms with Crippen LogP contribution in [-0.4, -0.2) is 48.2 Å². The van der Waals surface area contributed by atoms with Gasteiger partial charge in [0.2, 0.25) is 0 Å². The lowest BCUT2D eigenvalue weighted by molar-refractivity contribution is -0.136. The van der Waals surface area contributed by atoms with Crippen LogP contribution in [0.1, 0.15) is 19.4 Å². The minimum Gasteiger partial charge on any atom is -0.481 e. The topological polar surface area (TPSA) is 43.8 Å². The molecule has 0 amide bonds. The Hall–Kier alpha value is -1.55. The molecule has 1 saturated heterocycles. The number of aliphatic carboxylic acids is 1. The molecule has 4 heteroatoms. The number of carboxylic acid groups (broad SMARTS) is 1. The Bertz CT molecular complexity index is 438. The summed E-state index contributed by atoms with van der Waals surface area (Å²) in [6.45, 7) is 8.45. The number of hydrogen-bond acceptors (Lipinski definition) is 3. The third-order valence-corrected chi connectivity index (χ3v) is 3.72. The van der Waals surface area contributed by atoms with Gasteiger partial charge in [0.15, 0.2) is 0 Å². The van der Waals surface area contributed by atoms with Crippen molar-refractivity contribution < 1.29 is 9.90 Å². The minimum absolute atomic E-state index is 0.0978. The van der Waals surface area contributed by atoms with Gasteiger partial charge in [0.05, 0.1) is 6.42 Å². The Morgan fingerprint density at radius 2 is 1.84 bits per heavy atom. The van der Waals surface area contributed by atoms with Crippen molar-refractivity contribution in [2.75, 3.05) is 31.1 Å². The smallest absolute Gasteiger partial charge is 0.307 e. The number of hydrogen-bond donors (Lipinski definition) is 1. The first-order valence-corrected chi connectivity index (χ1v) is 6.86. The Morgan fingerprint density at radius 3 is 2.42 bits per heavy atom. The molecular formula is C15H22N2O2. The van der Waals surface area contributed by atoms with Crippen molar-refractivity contribution in [3.8, 4) is 0 Å². The molecule has 0 atom stereocenters. The van der Waals surface area contributed by atoms with Crippen molar-refractivity contribution in [2.24, 2.45) is 0 Å². The maximum atomic E-state index is 10.9. The molecule has 0 saturated carbocycles. The Balaban J connectivity index is 2.09. The van der Waals surface area contributed by atoms with Crippen LogP contribution in [0.3, 0.4) is 0 Å². The molecule has 0 radical (unpaired) electrons. The molecule has 4 nitrogen and oxygen atoms in total. The highest BCUT2D eigenvalue weighted by Crippen LogP contribution is 2.22. The average Bonchev–Trinajstić information content (AvgIpc) is 2.39. The van der Waals surface area contributed by atoms with Crippen molar-refractivity contribution in [1.29, 1.82) is 0 Å². The second kappa shape index (κ2) is 6.06. The summed E-state index contributed by atoms with van der Waals surface area (Å²) < 4.78 is 0. The van der Waals surface area contributed by atoms with Crippen LogP contribution in [0.5, 0.6) is 0 Å². The number of anilines is 1. The van der Waals surface area contributed by atoms with Gasteiger partial charge < -0.3 is 10.0 Å². The van der Waals surface area contributed by atoms with Crippen LogP contribution in [0.2, 0.25) is 0 Å². The van der Waals surface area contributed by atoms with Crippen molar-refractivity contribution in [2.45, 2.75) is 26.3 Å². The Labute approximate surface area is 114 Å². The molecule has 0 unspecified atom stereocenters. The second-order valence-electron chi connectivity index (χ2n) is 5.32. The first-order valence-electron chi connectivity index (χ1n) is 6.86. The molecule has 1 aliphatic rings. The molecule has 2 rings (SSSR count). The summed E-state index contributed by atoms with van der Waals surface area (Å²) in [6.07, 6.45) is 0.0978. The minimum atomic E-state index is -0.770. The SMILES string of the molecule is CC(C)N1CCN(c2ccccc2CC(=O)O)CC1. The van der Waals surface area contributed by atoms with Gasteiger partial charge in [0, 0.05) is 37.9 Å². The Morgan fingerprint density at radius 1 is 1.21 bits per heavy atom. The summed E-state index contributed by atoms with van der Waals surface area (Å²) in [4.78, 5) is 15.7. The monoisotopic (exact) mass is 262 g/mol. The molecule has 19 heavy (non-hydrogen) atoms. The van der Waals surface area contributed by atoms with Gasteiger partial charge >= 0.3 is 5.97 Å². The van der Waals surface area contributed by atoms with Crippen molar-refractivity contribution in [3.05, 3.63) is 29.8 Å². The number of rotatable bonds is 4. The predicted octanol–water partition coefficient (Wildman–Crippen LogP) is 1.84. The fourth-order valence-electron chi connectivity index (χ4n) is 2.61. The number of para-hydroxylation sites is 1. The largest absolute Gasteiger partial charge is 0.481 e. The summed E-state index contributed by atoms with van der Waals surface area (Å²) in [5.41, 5.74) is 1.99. The molecule has 1 heterocycles. The van der Waals surface area contributed by atoms with E-state index in [4.69, 9.17) is 5.11 Å². The molecule has 0 bridgehead atoms. The Kier molecular flexibility index (Phi) is 4.43. The van der Waals surface area contributed by atoms with Gasteiger partial charge in [-0.25, -0.2) is 0 Å². The number of benzene rings is 1. The first kappa shape index (κ1) is 13.9. The molecular weight excluding hydrogens is 240 g/mol. The molecule has 1 aromatic rings. The maximum absolute atomic E-state index is 10.9. The quantitative estimate of drug-likeness (QED) is 0.899. The fourth-order valence-corrected chi connectivity index (χ4v) is 2.61. The summed E-state index contributed by atoms with van der Waals surface area (Å²) in [5, 5.41) is 8.98. The third kappa shape index (κ3) is 3.47. The van der Waals surface area contributed by atoms with Crippen molar-refractivity contribution in [3.63, 3.8) is 0 Å². The van der Waals surface area contributed by atoms with Gasteiger partial charge in [-0.1, -0.05) is 18.2 Å². The van der Waals surface area contributed by atoms with Crippen LogP contribution >= 0.6 is 0 Å². The normalized spacial score (nSPS) is 16.9. The summed E-state index contributed by atoms with van der Waals surface area (Å²) in [6, 6.07) is 8.42. The lowest BCUT2D eigenvalue weighted by Crippen LogP contribution is -2.49. The van der Waals surface area contributed by atoms with E-state index in [1.807, 2.05) is 24.3 Å². The average molecular weight is 262 g/mol. The number of carbonyl (C=O) groups is 1. The molecule has 1 aliphatic heterocycles. The maximum Gasteiger partial charge on any atom is 0.307 e. The molecule has 0 spiro atoms. The molecule has 0 aromatic heterocycles. The molecule has 1 aromatic carbocycles. The highest BCUT2D eigenvalue weighted by molar-refractivity contribution is 5.73. The molecule has 1 N–H and O–H groups in total. The predicted molar refractivity (Wildman–Crippen MR) is 76.7 cm³/mol. The summed E-state index contributed by atoms with van der Waals surface area (Å²) in [7, 11) is 0. The fraction of sp³-hybridized carbons (Fsp3) is 0.533. The van der Waals surface area contributed by atoms with Crippen LogP contribution in [0.15, 0.2) is 24.3 Å². The highest BCUT2D eigenvalue weighted by atomic mass is 16.4. The van der Waals surface area contributed by atoms with E-state index >= 15 is 0 Å². The standard InChI is InChI=1S/C15H22N2O2/c1-12(2)16-7-9-17(10-8-16)14-6-4-3-5-13(14)11-15(18)19/h3-6,12H,7-11H2,1-2H3,(H,18,19). The zero-order chi connectivity index (χ0) is 13.8. The van der Waals surface area contributed by atoms with E-state index in [1.54, 1.807) is 0 Å². The lowest BCUT2D eigenvalue weighted by atomic mass is 10.1. The highest BCUT2D eigenvalue weighted by Gasteiger charge is 2.20. The van der Waals surface area contributed by atoms with E-state index in [0.29, 0.717) is 6.04 Å². The van der Waals surface area contributed by atoms with E-state index in [-0.39, 0.29) is 6.42 Å². The van der Waals surface area contributed by atoms with Crippen LogP contribution < -0.4 is 4.90 Å². The van der Waals surface area contributed by atoms with E-state index in [1.165, 1.54) is 0 Å². The van der Waals surface area contributed by atoms with Gasteiger partial charge in [-0.3, -0.25) is 9.69 Å². The zero-order valence-electron chi connectivity index (χ0n) is 11.7. The van der Waals surface area contributed by atoms with Crippen LogP contribution in [-0.2, 0) is 11.2 Å². The van der Waals surface area contributed by atoms with E-state index in [2.05, 4.69) is 23.6 Å². The van der Waals surface area contributed by atoms with Gasteiger partial charge in [-0.15, -0.1) is 0 Å². The van der Waals surface area contributed by atoms with Crippen LogP contribution in [0.25, 0.3) is 0 Å². The van der Waals surface area contributed by atoms with E-state index in [0.717, 1.165) is 37.4 Å². The van der Waals surface area contributed by atoms with E-state index in [9.17, 15) is 4.79 Å². The summed E-state index contributed by atoms with van der Waals surface area (Å²) in [5.74, 6) is -0.770. The first-order chi connectivity index (χ1) is 9.08. The van der Waals surface area contributed by atoms with Gasteiger partial charge in [0.25, 0.3) is 0 Å². The van der Waals surface area contributed by atoms with Crippen molar-refractivity contribution >= 4 is 11.7 Å². The second-order valence-corrected chi connectivity index (χ2v) is 5.32. The van der Waals surface area contributed by atoms with Gasteiger partial charge in [-0.2, -0.15) is 0 Å². The molecule has 104 valence electrons. The van der Waals surface area contributed by atoms with Gasteiger partial charge in [0.1, 0.15) is 0 Å². The number of carboxylic acids is 1. The lowest BCUT2D eigenvalue weighted by Gasteiger charge is -2.38. The van der Waals surface area contributed by atoms with Crippen molar-refractivity contribution in [1.82, 2.24) is 4.90 Å². The molecule has 0 aliphatic carbocycles. The zero-order valence-corrected chi connectivity index (χ0v) is 11.7.